The molecule has 1 saturated carbocycles. The van der Waals surface area contributed by atoms with Crippen molar-refractivity contribution < 1.29 is 9.00 Å². The van der Waals surface area contributed by atoms with Crippen LogP contribution in [-0.2, 0) is 15.6 Å². The number of carbonyl (C=O) groups is 1. The highest BCUT2D eigenvalue weighted by Crippen LogP contribution is 2.27. The summed E-state index contributed by atoms with van der Waals surface area (Å²) in [5, 5.41) is 6.81. The molecule has 6 nitrogen and oxygen atoms in total. The van der Waals surface area contributed by atoms with Crippen LogP contribution in [0.3, 0.4) is 0 Å². The van der Waals surface area contributed by atoms with Gasteiger partial charge in [-0.3, -0.25) is 14.0 Å². The molecule has 1 atom stereocenters. The molecule has 0 spiro atoms. The van der Waals surface area contributed by atoms with Crippen LogP contribution < -0.4 is 10.6 Å². The fourth-order valence-electron chi connectivity index (χ4n) is 3.59. The molecule has 1 unspecified atom stereocenters. The van der Waals surface area contributed by atoms with E-state index in [1.165, 1.54) is 0 Å². The monoisotopic (exact) mass is 558 g/mol. The molecule has 0 bridgehead atoms. The van der Waals surface area contributed by atoms with Crippen LogP contribution in [0.1, 0.15) is 53.4 Å². The quantitative estimate of drug-likeness (QED) is 0.298. The van der Waals surface area contributed by atoms with Gasteiger partial charge < -0.3 is 15.5 Å². The highest BCUT2D eigenvalue weighted by atomic mass is 127. The third-order valence-electron chi connectivity index (χ3n) is 5.31. The number of amides is 1. The van der Waals surface area contributed by atoms with Crippen molar-refractivity contribution in [1.29, 1.82) is 0 Å². The number of nitrogens with one attached hydrogen (secondary N) is 2. The van der Waals surface area contributed by atoms with Gasteiger partial charge in [-0.05, 0) is 53.4 Å². The summed E-state index contributed by atoms with van der Waals surface area (Å²) in [5.41, 5.74) is 0. The lowest BCUT2D eigenvalue weighted by Crippen LogP contribution is -2.47. The van der Waals surface area contributed by atoms with E-state index < -0.39 is 10.8 Å². The van der Waals surface area contributed by atoms with Crippen molar-refractivity contribution in [3.8, 4) is 0 Å². The van der Waals surface area contributed by atoms with E-state index >= 15 is 0 Å². The molecule has 0 aromatic rings. The van der Waals surface area contributed by atoms with Crippen LogP contribution in [0.5, 0.6) is 0 Å². The maximum absolute atomic E-state index is 12.7. The number of hydrogen-bond donors (Lipinski definition) is 2. The molecule has 1 aliphatic carbocycles. The summed E-state index contributed by atoms with van der Waals surface area (Å²) >= 11 is 1.94. The molecule has 2 aliphatic rings. The Balaban J connectivity index is 0.00000420. The number of rotatable bonds is 6. The first kappa shape index (κ1) is 27.0. The minimum Gasteiger partial charge on any atom is -0.357 e. The fraction of sp³-hybridized carbons (Fsp3) is 0.900. The topological polar surface area (TPSA) is 73.8 Å². The predicted molar refractivity (Wildman–Crippen MR) is 137 cm³/mol. The van der Waals surface area contributed by atoms with Crippen molar-refractivity contribution in [2.45, 2.75) is 64.2 Å². The number of guanidine groups is 1. The molecule has 9 heteroatoms. The van der Waals surface area contributed by atoms with E-state index in [9.17, 15) is 9.00 Å². The van der Waals surface area contributed by atoms with Crippen molar-refractivity contribution in [3.63, 3.8) is 0 Å². The Kier molecular flexibility index (Phi) is 12.5. The summed E-state index contributed by atoms with van der Waals surface area (Å²) in [6.45, 7) is 11.2. The largest absolute Gasteiger partial charge is 0.357 e. The molecule has 170 valence electrons. The van der Waals surface area contributed by atoms with E-state index in [0.717, 1.165) is 62.8 Å². The molecule has 29 heavy (non-hydrogen) atoms. The summed E-state index contributed by atoms with van der Waals surface area (Å²) in [6, 6.07) is 0.354. The van der Waals surface area contributed by atoms with Crippen LogP contribution in [0, 0.1) is 5.92 Å². The van der Waals surface area contributed by atoms with E-state index in [-0.39, 0.29) is 34.6 Å². The summed E-state index contributed by atoms with van der Waals surface area (Å²) in [7, 11) is -0.883. The smallest absolute Gasteiger partial charge is 0.225 e. The van der Waals surface area contributed by atoms with Gasteiger partial charge in [0.1, 0.15) is 0 Å². The molecule has 2 fully saturated rings. The average Bonchev–Trinajstić information content (AvgIpc) is 2.68. The van der Waals surface area contributed by atoms with Crippen molar-refractivity contribution in [1.82, 2.24) is 15.5 Å². The van der Waals surface area contributed by atoms with Gasteiger partial charge >= 0.3 is 0 Å². The van der Waals surface area contributed by atoms with Gasteiger partial charge in [-0.15, -0.1) is 24.0 Å². The third-order valence-corrected chi connectivity index (χ3v) is 8.18. The minimum atomic E-state index is -0.883. The van der Waals surface area contributed by atoms with E-state index in [1.54, 1.807) is 0 Å². The van der Waals surface area contributed by atoms with Gasteiger partial charge in [-0.2, -0.15) is 11.8 Å². The maximum Gasteiger partial charge on any atom is 0.225 e. The van der Waals surface area contributed by atoms with Crippen molar-refractivity contribution in [2.75, 3.05) is 43.4 Å². The van der Waals surface area contributed by atoms with Crippen molar-refractivity contribution in [2.24, 2.45) is 10.9 Å². The normalized spacial score (nSPS) is 24.4. The predicted octanol–water partition coefficient (Wildman–Crippen LogP) is 2.84. The number of carbonyl (C=O) groups excluding carboxylic acids is 1. The van der Waals surface area contributed by atoms with E-state index in [2.05, 4.69) is 27.4 Å². The Bertz CT molecular complexity index is 555. The van der Waals surface area contributed by atoms with Gasteiger partial charge in [0.15, 0.2) is 5.96 Å². The fourth-order valence-corrected chi connectivity index (χ4v) is 5.36. The average molecular weight is 559 g/mol. The Morgan fingerprint density at radius 2 is 1.79 bits per heavy atom. The molecule has 1 aliphatic heterocycles. The molecular formula is C20H39IN4O2S2. The van der Waals surface area contributed by atoms with E-state index in [4.69, 9.17) is 0 Å². The lowest BCUT2D eigenvalue weighted by Gasteiger charge is -2.34. The van der Waals surface area contributed by atoms with Gasteiger partial charge in [0, 0.05) is 64.4 Å². The minimum absolute atomic E-state index is 0. The zero-order valence-corrected chi connectivity index (χ0v) is 22.3. The van der Waals surface area contributed by atoms with Gasteiger partial charge in [-0.1, -0.05) is 0 Å². The van der Waals surface area contributed by atoms with Gasteiger partial charge in [0.05, 0.1) is 6.54 Å². The zero-order chi connectivity index (χ0) is 20.6. The highest BCUT2D eigenvalue weighted by Gasteiger charge is 2.30. The van der Waals surface area contributed by atoms with Crippen LogP contribution in [0.25, 0.3) is 0 Å². The first-order valence-electron chi connectivity index (χ1n) is 10.6. The zero-order valence-electron chi connectivity index (χ0n) is 18.4. The Morgan fingerprint density at radius 3 is 2.34 bits per heavy atom. The van der Waals surface area contributed by atoms with E-state index in [1.807, 2.05) is 32.5 Å². The van der Waals surface area contributed by atoms with Crippen molar-refractivity contribution in [3.05, 3.63) is 0 Å². The first-order chi connectivity index (χ1) is 13.3. The summed E-state index contributed by atoms with van der Waals surface area (Å²) in [4.78, 5) is 19.4. The Hall–Kier alpha value is -0.0300. The summed E-state index contributed by atoms with van der Waals surface area (Å²) < 4.78 is 12.0. The van der Waals surface area contributed by atoms with Crippen molar-refractivity contribution >= 4 is 58.4 Å². The summed E-state index contributed by atoms with van der Waals surface area (Å²) in [6.07, 6.45) is 3.90. The first-order valence-corrected chi connectivity index (χ1v) is 13.1. The summed E-state index contributed by atoms with van der Waals surface area (Å²) in [5.74, 6) is 4.08. The van der Waals surface area contributed by atoms with Crippen LogP contribution >= 0.6 is 35.7 Å². The maximum atomic E-state index is 12.7. The van der Waals surface area contributed by atoms with Gasteiger partial charge in [-0.25, -0.2) is 0 Å². The molecule has 0 radical (unpaired) electrons. The second-order valence-corrected chi connectivity index (χ2v) is 12.1. The molecule has 1 heterocycles. The SMILES string of the molecule is CCNC(=NCCS(=O)C(C)(C)C)NC1CCC(C(=O)N2CCSCC2)CC1.I. The molecule has 0 aromatic carbocycles. The number of aliphatic imine (C=N–C) groups is 1. The lowest BCUT2D eigenvalue weighted by molar-refractivity contribution is -0.136. The van der Waals surface area contributed by atoms with Crippen LogP contribution in [0.15, 0.2) is 4.99 Å². The third kappa shape index (κ3) is 9.33. The van der Waals surface area contributed by atoms with Crippen LogP contribution in [-0.4, -0.2) is 75.2 Å². The lowest BCUT2D eigenvalue weighted by atomic mass is 9.85. The second kappa shape index (κ2) is 13.4. The number of hydrogen-bond acceptors (Lipinski definition) is 4. The number of thioether (sulfide) groups is 1. The highest BCUT2D eigenvalue weighted by molar-refractivity contribution is 14.0. The Labute approximate surface area is 200 Å². The van der Waals surface area contributed by atoms with Gasteiger partial charge in [0.25, 0.3) is 0 Å². The standard InChI is InChI=1S/C20H38N4O2S2.HI/c1-5-21-19(22-10-15-28(26)20(2,3)4)23-17-8-6-16(7-9-17)18(25)24-11-13-27-14-12-24;/h16-17H,5-15H2,1-4H3,(H2,21,22,23);1H. The molecule has 2 rings (SSSR count). The number of nitrogens with zero attached hydrogens (tertiary/aromatic N) is 2. The number of halogens is 1. The Morgan fingerprint density at radius 1 is 1.17 bits per heavy atom. The van der Waals surface area contributed by atoms with E-state index in [0.29, 0.717) is 24.2 Å². The van der Waals surface area contributed by atoms with Crippen LogP contribution in [0.4, 0.5) is 0 Å². The molecular weight excluding hydrogens is 519 g/mol. The molecule has 2 N–H and O–H groups in total. The van der Waals surface area contributed by atoms with Crippen LogP contribution in [0.2, 0.25) is 0 Å². The molecule has 1 amide bonds. The van der Waals surface area contributed by atoms with Gasteiger partial charge in [0.2, 0.25) is 5.91 Å². The molecule has 0 aromatic heterocycles. The second-order valence-electron chi connectivity index (χ2n) is 8.55. The molecule has 1 saturated heterocycles.